The summed E-state index contributed by atoms with van der Waals surface area (Å²) in [4.78, 5) is 13.9. The van der Waals surface area contributed by atoms with Crippen LogP contribution in [0.2, 0.25) is 5.02 Å². The number of likely N-dealkylation sites (N-methyl/N-ethyl adjacent to an activating group) is 1. The van der Waals surface area contributed by atoms with Crippen LogP contribution in [0.5, 0.6) is 0 Å². The van der Waals surface area contributed by atoms with Gasteiger partial charge < -0.3 is 4.90 Å². The number of aromatic nitrogens is 4. The molecular weight excluding hydrogens is 364 g/mol. The molecule has 0 bridgehead atoms. The van der Waals surface area contributed by atoms with Crippen LogP contribution in [0.25, 0.3) is 5.69 Å². The summed E-state index contributed by atoms with van der Waals surface area (Å²) in [5.74, 6) is -0.606. The topological polar surface area (TPSA) is 56.0 Å². The van der Waals surface area contributed by atoms with Gasteiger partial charge in [0.25, 0.3) is 0 Å². The second kappa shape index (κ2) is 7.25. The fourth-order valence-electron chi connectivity index (χ4n) is 2.43. The number of benzene rings is 1. The van der Waals surface area contributed by atoms with E-state index in [-0.39, 0.29) is 29.0 Å². The summed E-state index contributed by atoms with van der Waals surface area (Å²) < 4.78 is 28.8. The lowest BCUT2D eigenvalue weighted by atomic mass is 10.3. The molecule has 136 valence electrons. The molecule has 1 aromatic carbocycles. The van der Waals surface area contributed by atoms with Gasteiger partial charge in [0, 0.05) is 7.05 Å². The Morgan fingerprint density at radius 3 is 2.62 bits per heavy atom. The lowest BCUT2D eigenvalue weighted by molar-refractivity contribution is -0.119. The quantitative estimate of drug-likeness (QED) is 0.683. The summed E-state index contributed by atoms with van der Waals surface area (Å²) in [5.41, 5.74) is 1.87. The molecular formula is C17H16ClF2N5O. The number of hydrogen-bond donors (Lipinski definition) is 0. The van der Waals surface area contributed by atoms with Gasteiger partial charge in [0.15, 0.2) is 0 Å². The van der Waals surface area contributed by atoms with Crippen LogP contribution < -0.4 is 4.90 Å². The first-order valence-corrected chi connectivity index (χ1v) is 8.13. The third kappa shape index (κ3) is 3.45. The van der Waals surface area contributed by atoms with Gasteiger partial charge in [0.1, 0.15) is 24.7 Å². The van der Waals surface area contributed by atoms with E-state index >= 15 is 0 Å². The van der Waals surface area contributed by atoms with Crippen LogP contribution >= 0.6 is 11.6 Å². The molecule has 1 amide bonds. The van der Waals surface area contributed by atoms with E-state index in [2.05, 4.69) is 10.2 Å². The number of nitrogens with zero attached hydrogens (tertiary/aromatic N) is 5. The van der Waals surface area contributed by atoms with Crippen molar-refractivity contribution in [3.8, 4) is 5.69 Å². The van der Waals surface area contributed by atoms with Crippen molar-refractivity contribution < 1.29 is 13.6 Å². The Morgan fingerprint density at radius 2 is 2.00 bits per heavy atom. The Balaban J connectivity index is 1.76. The van der Waals surface area contributed by atoms with Crippen molar-refractivity contribution in [3.05, 3.63) is 58.9 Å². The fourth-order valence-corrected chi connectivity index (χ4v) is 2.61. The van der Waals surface area contributed by atoms with Gasteiger partial charge >= 0.3 is 0 Å². The van der Waals surface area contributed by atoms with Crippen molar-refractivity contribution >= 4 is 23.2 Å². The molecule has 0 aliphatic rings. The zero-order valence-corrected chi connectivity index (χ0v) is 14.9. The molecule has 0 atom stereocenters. The number of anilines is 1. The molecule has 2 aromatic heterocycles. The van der Waals surface area contributed by atoms with Crippen LogP contribution in [0.15, 0.2) is 36.7 Å². The summed E-state index contributed by atoms with van der Waals surface area (Å²) in [5, 5.41) is 8.42. The van der Waals surface area contributed by atoms with Crippen molar-refractivity contribution in [2.45, 2.75) is 20.1 Å². The lowest BCUT2D eigenvalue weighted by Gasteiger charge is -2.15. The van der Waals surface area contributed by atoms with E-state index in [1.54, 1.807) is 32.3 Å². The number of rotatable bonds is 5. The summed E-state index contributed by atoms with van der Waals surface area (Å²) >= 11 is 5.99. The predicted octanol–water partition coefficient (Wildman–Crippen LogP) is 3.30. The second-order valence-electron chi connectivity index (χ2n) is 5.71. The van der Waals surface area contributed by atoms with Crippen molar-refractivity contribution in [3.63, 3.8) is 0 Å². The van der Waals surface area contributed by atoms with Crippen LogP contribution in [0, 0.1) is 12.7 Å². The van der Waals surface area contributed by atoms with Crippen molar-refractivity contribution in [1.82, 2.24) is 19.6 Å². The van der Waals surface area contributed by atoms with Gasteiger partial charge in [0.2, 0.25) is 5.91 Å². The summed E-state index contributed by atoms with van der Waals surface area (Å²) in [6.07, 6.45) is 3.18. The molecule has 0 radical (unpaired) electrons. The Labute approximate surface area is 153 Å². The molecule has 6 nitrogen and oxygen atoms in total. The van der Waals surface area contributed by atoms with Crippen LogP contribution in [0.4, 0.5) is 14.5 Å². The number of carbonyl (C=O) groups is 1. The number of halogens is 3. The molecule has 0 unspecified atom stereocenters. The van der Waals surface area contributed by atoms with Crippen LogP contribution in [-0.2, 0) is 18.0 Å². The third-order valence-electron chi connectivity index (χ3n) is 4.03. The van der Waals surface area contributed by atoms with E-state index in [0.717, 1.165) is 0 Å². The first kappa shape index (κ1) is 18.1. The zero-order chi connectivity index (χ0) is 18.8. The average molecular weight is 380 g/mol. The van der Waals surface area contributed by atoms with E-state index < -0.39 is 6.67 Å². The largest absolute Gasteiger partial charge is 0.311 e. The van der Waals surface area contributed by atoms with E-state index in [0.29, 0.717) is 17.1 Å². The van der Waals surface area contributed by atoms with Gasteiger partial charge in [-0.2, -0.15) is 10.2 Å². The van der Waals surface area contributed by atoms with Gasteiger partial charge in [-0.15, -0.1) is 0 Å². The highest BCUT2D eigenvalue weighted by atomic mass is 35.5. The van der Waals surface area contributed by atoms with E-state index in [9.17, 15) is 13.6 Å². The van der Waals surface area contributed by atoms with Crippen molar-refractivity contribution in [2.75, 3.05) is 11.9 Å². The van der Waals surface area contributed by atoms with Crippen LogP contribution in [-0.4, -0.2) is 32.5 Å². The highest BCUT2D eigenvalue weighted by Gasteiger charge is 2.18. The molecule has 0 N–H and O–H groups in total. The zero-order valence-electron chi connectivity index (χ0n) is 14.2. The summed E-state index contributed by atoms with van der Waals surface area (Å²) in [6.45, 7) is 0.805. The Kier molecular flexibility index (Phi) is 5.03. The maximum atomic E-state index is 13.0. The van der Waals surface area contributed by atoms with Gasteiger partial charge in [-0.05, 0) is 31.2 Å². The van der Waals surface area contributed by atoms with Crippen molar-refractivity contribution in [2.24, 2.45) is 0 Å². The maximum absolute atomic E-state index is 13.0. The minimum atomic E-state index is -0.791. The Bertz CT molecular complexity index is 935. The molecule has 0 aliphatic heterocycles. The summed E-state index contributed by atoms with van der Waals surface area (Å²) in [6, 6.07) is 5.83. The second-order valence-corrected chi connectivity index (χ2v) is 6.09. The van der Waals surface area contributed by atoms with Crippen molar-refractivity contribution in [1.29, 1.82) is 0 Å². The molecule has 3 aromatic rings. The minimum absolute atomic E-state index is 0.0796. The molecule has 0 fully saturated rings. The molecule has 0 saturated carbocycles. The van der Waals surface area contributed by atoms with Crippen LogP contribution in [0.3, 0.4) is 0 Å². The van der Waals surface area contributed by atoms with E-state index in [1.807, 2.05) is 0 Å². The molecule has 0 aliphatic carbocycles. The lowest BCUT2D eigenvalue weighted by Crippen LogP contribution is -2.30. The molecule has 9 heteroatoms. The summed E-state index contributed by atoms with van der Waals surface area (Å²) in [7, 11) is 1.60. The smallest absolute Gasteiger partial charge is 0.248 e. The number of hydrogen-bond acceptors (Lipinski definition) is 3. The van der Waals surface area contributed by atoms with Gasteiger partial charge in [-0.1, -0.05) is 11.6 Å². The fraction of sp³-hybridized carbons (Fsp3) is 0.235. The first-order chi connectivity index (χ1) is 12.4. The number of alkyl halides is 1. The average Bonchev–Trinajstić information content (AvgIpc) is 3.22. The van der Waals surface area contributed by atoms with Gasteiger partial charge in [-0.25, -0.2) is 13.5 Å². The Hall–Kier alpha value is -2.74. The standard InChI is InChI=1S/C17H16ClF2N5O/c1-11-17(18)15(7-19)22-24(11)10-16(26)23(2)14-8-21-25(9-14)13-5-3-12(20)4-6-13/h3-6,8-9H,7,10H2,1-2H3. The van der Waals surface area contributed by atoms with E-state index in [1.165, 1.54) is 32.6 Å². The minimum Gasteiger partial charge on any atom is -0.311 e. The third-order valence-corrected chi connectivity index (χ3v) is 4.52. The van der Waals surface area contributed by atoms with Gasteiger partial charge in [-0.3, -0.25) is 9.48 Å². The number of carbonyl (C=O) groups excluding carboxylic acids is 1. The number of amides is 1. The van der Waals surface area contributed by atoms with E-state index in [4.69, 9.17) is 11.6 Å². The monoisotopic (exact) mass is 379 g/mol. The Morgan fingerprint density at radius 1 is 1.31 bits per heavy atom. The molecule has 26 heavy (non-hydrogen) atoms. The van der Waals surface area contributed by atoms with Crippen LogP contribution in [0.1, 0.15) is 11.4 Å². The highest BCUT2D eigenvalue weighted by molar-refractivity contribution is 6.31. The maximum Gasteiger partial charge on any atom is 0.248 e. The molecule has 3 rings (SSSR count). The molecule has 0 saturated heterocycles. The SMILES string of the molecule is Cc1c(Cl)c(CF)nn1CC(=O)N(C)c1cnn(-c2ccc(F)cc2)c1. The molecule has 0 spiro atoms. The molecule has 2 heterocycles. The normalized spacial score (nSPS) is 11.0. The highest BCUT2D eigenvalue weighted by Crippen LogP contribution is 2.21. The predicted molar refractivity (Wildman–Crippen MR) is 93.7 cm³/mol. The first-order valence-electron chi connectivity index (χ1n) is 7.75. The van der Waals surface area contributed by atoms with Gasteiger partial charge in [0.05, 0.1) is 34.5 Å².